The molecule has 1 saturated carbocycles. The van der Waals surface area contributed by atoms with E-state index in [2.05, 4.69) is 39.8 Å². The van der Waals surface area contributed by atoms with Crippen LogP contribution in [0.25, 0.3) is 0 Å². The second-order valence-electron chi connectivity index (χ2n) is 5.86. The van der Waals surface area contributed by atoms with Gasteiger partial charge in [-0.2, -0.15) is 0 Å². The van der Waals surface area contributed by atoms with E-state index in [1.165, 1.54) is 24.8 Å². The van der Waals surface area contributed by atoms with Crippen LogP contribution in [-0.4, -0.2) is 11.7 Å². The highest BCUT2D eigenvalue weighted by Crippen LogP contribution is 2.50. The monoisotopic (exact) mass is 220 g/mol. The van der Waals surface area contributed by atoms with Gasteiger partial charge in [0.05, 0.1) is 11.7 Å². The number of epoxide rings is 1. The van der Waals surface area contributed by atoms with Crippen molar-refractivity contribution < 1.29 is 4.74 Å². The van der Waals surface area contributed by atoms with Crippen LogP contribution in [0.4, 0.5) is 0 Å². The maximum absolute atomic E-state index is 5.75. The van der Waals surface area contributed by atoms with Crippen molar-refractivity contribution in [1.82, 2.24) is 0 Å². The third-order valence-electron chi connectivity index (χ3n) is 4.13. The molecule has 2 aliphatic rings. The van der Waals surface area contributed by atoms with Gasteiger partial charge in [0, 0.05) is 0 Å². The van der Waals surface area contributed by atoms with Crippen LogP contribution in [0.2, 0.25) is 0 Å². The molecule has 0 N–H and O–H groups in total. The predicted octanol–water partition coefficient (Wildman–Crippen LogP) is 4.25. The van der Waals surface area contributed by atoms with Gasteiger partial charge in [0.15, 0.2) is 0 Å². The summed E-state index contributed by atoms with van der Waals surface area (Å²) in [6, 6.07) is 0. The van der Waals surface area contributed by atoms with E-state index in [-0.39, 0.29) is 5.60 Å². The summed E-state index contributed by atoms with van der Waals surface area (Å²) in [4.78, 5) is 0. The third kappa shape index (κ3) is 2.57. The second-order valence-corrected chi connectivity index (χ2v) is 5.86. The van der Waals surface area contributed by atoms with Crippen molar-refractivity contribution in [3.8, 4) is 0 Å². The van der Waals surface area contributed by atoms with E-state index >= 15 is 0 Å². The molecule has 2 rings (SSSR count). The van der Waals surface area contributed by atoms with Gasteiger partial charge < -0.3 is 4.74 Å². The minimum Gasteiger partial charge on any atom is -0.366 e. The number of ether oxygens (including phenoxy) is 1. The summed E-state index contributed by atoms with van der Waals surface area (Å²) in [6.45, 7) is 8.87. The molecular weight excluding hydrogens is 196 g/mol. The highest BCUT2D eigenvalue weighted by Gasteiger charge is 2.55. The van der Waals surface area contributed by atoms with Crippen LogP contribution in [0.15, 0.2) is 23.3 Å². The zero-order valence-corrected chi connectivity index (χ0v) is 11.0. The van der Waals surface area contributed by atoms with Gasteiger partial charge in [0.1, 0.15) is 0 Å². The molecule has 2 fully saturated rings. The molecule has 1 aliphatic carbocycles. The van der Waals surface area contributed by atoms with Crippen LogP contribution in [0.3, 0.4) is 0 Å². The average molecular weight is 220 g/mol. The quantitative estimate of drug-likeness (QED) is 0.512. The van der Waals surface area contributed by atoms with Gasteiger partial charge in [0.2, 0.25) is 0 Å². The van der Waals surface area contributed by atoms with Crippen LogP contribution in [-0.2, 0) is 4.74 Å². The fourth-order valence-corrected chi connectivity index (χ4v) is 2.71. The van der Waals surface area contributed by atoms with Crippen molar-refractivity contribution in [2.45, 2.75) is 65.1 Å². The molecule has 1 saturated heterocycles. The number of hydrogen-bond acceptors (Lipinski definition) is 1. The molecule has 1 heterocycles. The number of hydrogen-bond donors (Lipinski definition) is 0. The van der Waals surface area contributed by atoms with Crippen molar-refractivity contribution in [1.29, 1.82) is 0 Å². The zero-order chi connectivity index (χ0) is 11.8. The highest BCUT2D eigenvalue weighted by atomic mass is 16.6. The van der Waals surface area contributed by atoms with Crippen LogP contribution >= 0.6 is 0 Å². The molecule has 0 amide bonds. The molecule has 1 aliphatic heterocycles. The van der Waals surface area contributed by atoms with Crippen LogP contribution in [0.1, 0.15) is 53.4 Å². The summed E-state index contributed by atoms with van der Waals surface area (Å²) in [6.07, 6.45) is 10.1. The molecule has 0 aromatic heterocycles. The molecule has 3 unspecified atom stereocenters. The smallest absolute Gasteiger partial charge is 0.0920 e. The summed E-state index contributed by atoms with van der Waals surface area (Å²) in [5.41, 5.74) is 3.23. The lowest BCUT2D eigenvalue weighted by Crippen LogP contribution is -2.21. The third-order valence-corrected chi connectivity index (χ3v) is 4.13. The van der Waals surface area contributed by atoms with Crippen LogP contribution in [0, 0.1) is 5.92 Å². The predicted molar refractivity (Wildman–Crippen MR) is 68.4 cm³/mol. The van der Waals surface area contributed by atoms with E-state index in [1.807, 2.05) is 0 Å². The molecule has 0 radical (unpaired) electrons. The van der Waals surface area contributed by atoms with Crippen molar-refractivity contribution in [3.05, 3.63) is 23.3 Å². The van der Waals surface area contributed by atoms with Crippen LogP contribution < -0.4 is 0 Å². The van der Waals surface area contributed by atoms with Gasteiger partial charge in [-0.05, 0) is 59.3 Å². The van der Waals surface area contributed by atoms with E-state index in [4.69, 9.17) is 4.74 Å². The van der Waals surface area contributed by atoms with Crippen molar-refractivity contribution in [2.75, 3.05) is 0 Å². The van der Waals surface area contributed by atoms with E-state index in [9.17, 15) is 0 Å². The Kier molecular flexibility index (Phi) is 3.25. The maximum atomic E-state index is 5.75. The first-order valence-corrected chi connectivity index (χ1v) is 6.49. The van der Waals surface area contributed by atoms with Gasteiger partial charge in [-0.25, -0.2) is 0 Å². The summed E-state index contributed by atoms with van der Waals surface area (Å²) in [5.74, 6) is 0.770. The van der Waals surface area contributed by atoms with Crippen molar-refractivity contribution in [2.24, 2.45) is 5.92 Å². The number of allylic oxidation sites excluding steroid dienone is 4. The molecule has 0 aromatic rings. The van der Waals surface area contributed by atoms with Crippen molar-refractivity contribution >= 4 is 0 Å². The highest BCUT2D eigenvalue weighted by molar-refractivity contribution is 5.14. The van der Waals surface area contributed by atoms with E-state index in [0.717, 1.165) is 12.3 Å². The standard InChI is InChI=1S/C15H24O/c1-11(2)6-5-7-12(3)13-8-9-15(4)14(10-13)16-15/h6-7,13-14H,5,8-10H2,1-4H3/b12-7-. The Balaban J connectivity index is 1.86. The fraction of sp³-hybridized carbons (Fsp3) is 0.733. The number of fused-ring (bicyclic) bond motifs is 1. The molecule has 90 valence electrons. The van der Waals surface area contributed by atoms with E-state index < -0.39 is 0 Å². The molecule has 3 atom stereocenters. The molecule has 0 aromatic carbocycles. The molecule has 1 heteroatoms. The lowest BCUT2D eigenvalue weighted by molar-refractivity contribution is 0.303. The topological polar surface area (TPSA) is 12.5 Å². The second kappa shape index (κ2) is 4.37. The first-order valence-electron chi connectivity index (χ1n) is 6.49. The molecule has 16 heavy (non-hydrogen) atoms. The van der Waals surface area contributed by atoms with Gasteiger partial charge >= 0.3 is 0 Å². The van der Waals surface area contributed by atoms with E-state index in [0.29, 0.717) is 6.10 Å². The van der Waals surface area contributed by atoms with Crippen molar-refractivity contribution in [3.63, 3.8) is 0 Å². The molecule has 1 nitrogen and oxygen atoms in total. The maximum Gasteiger partial charge on any atom is 0.0920 e. The van der Waals surface area contributed by atoms with Gasteiger partial charge in [-0.3, -0.25) is 0 Å². The summed E-state index contributed by atoms with van der Waals surface area (Å²) in [7, 11) is 0. The van der Waals surface area contributed by atoms with Gasteiger partial charge in [-0.1, -0.05) is 23.3 Å². The number of rotatable bonds is 3. The molecule has 0 spiro atoms. The fourth-order valence-electron chi connectivity index (χ4n) is 2.71. The largest absolute Gasteiger partial charge is 0.366 e. The van der Waals surface area contributed by atoms with Crippen LogP contribution in [0.5, 0.6) is 0 Å². The first kappa shape index (κ1) is 11.9. The Labute approximate surface area is 99.6 Å². The minimum atomic E-state index is 0.261. The Morgan fingerprint density at radius 1 is 1.31 bits per heavy atom. The minimum absolute atomic E-state index is 0.261. The summed E-state index contributed by atoms with van der Waals surface area (Å²) >= 11 is 0. The average Bonchev–Trinajstić information content (AvgIpc) is 2.87. The van der Waals surface area contributed by atoms with E-state index in [1.54, 1.807) is 5.57 Å². The molecular formula is C15H24O. The SMILES string of the molecule is CC(C)=CC/C=C(/C)C1CCC2(C)OC2C1. The van der Waals surface area contributed by atoms with Gasteiger partial charge in [-0.15, -0.1) is 0 Å². The lowest BCUT2D eigenvalue weighted by atomic mass is 9.79. The Hall–Kier alpha value is -0.560. The Morgan fingerprint density at radius 3 is 2.69 bits per heavy atom. The van der Waals surface area contributed by atoms with Gasteiger partial charge in [0.25, 0.3) is 0 Å². The Bertz CT molecular complexity index is 322. The summed E-state index contributed by atoms with van der Waals surface area (Å²) < 4.78 is 5.75. The zero-order valence-electron chi connectivity index (χ0n) is 11.0. The normalized spacial score (nSPS) is 37.9. The summed E-state index contributed by atoms with van der Waals surface area (Å²) in [5, 5.41) is 0. The molecule has 0 bridgehead atoms. The Morgan fingerprint density at radius 2 is 2.06 bits per heavy atom. The lowest BCUT2D eigenvalue weighted by Gasteiger charge is -2.23. The first-order chi connectivity index (χ1) is 7.51.